The number of carbonyl (C=O) groups excluding carboxylic acids is 4. The standard InChI is InChI=1S/C16H21N5O4S/c1-8(17)15(24)21(16(25)10-2-3-12(22)20-10)5-4-9(13(21)14(18)23)11-6-26-7-19-11/h6-10,13H,2-5,17H2,1H3,(H2-,18,20,22,23)/p+1/t8-,9?,10-,13-,21?/m0/s1. The fourth-order valence-corrected chi connectivity index (χ4v) is 4.74. The van der Waals surface area contributed by atoms with E-state index >= 15 is 0 Å². The summed E-state index contributed by atoms with van der Waals surface area (Å²) in [5.41, 5.74) is 13.8. The highest BCUT2D eigenvalue weighted by atomic mass is 32.1. The van der Waals surface area contributed by atoms with E-state index in [1.54, 1.807) is 10.9 Å². The summed E-state index contributed by atoms with van der Waals surface area (Å²) in [6, 6.07) is -2.85. The molecule has 2 aliphatic rings. The molecular weight excluding hydrogens is 358 g/mol. The van der Waals surface area contributed by atoms with Crippen LogP contribution in [0.2, 0.25) is 0 Å². The fraction of sp³-hybridized carbons (Fsp3) is 0.562. The first-order valence-electron chi connectivity index (χ1n) is 8.48. The first-order chi connectivity index (χ1) is 12.3. The topological polar surface area (TPSA) is 145 Å². The van der Waals surface area contributed by atoms with E-state index in [4.69, 9.17) is 11.5 Å². The van der Waals surface area contributed by atoms with Crippen LogP contribution in [0.4, 0.5) is 0 Å². The van der Waals surface area contributed by atoms with Crippen LogP contribution in [0.25, 0.3) is 0 Å². The minimum atomic E-state index is -1.08. The van der Waals surface area contributed by atoms with Crippen molar-refractivity contribution in [3.8, 4) is 0 Å². The molecule has 26 heavy (non-hydrogen) atoms. The molecule has 2 aliphatic heterocycles. The van der Waals surface area contributed by atoms with Crippen molar-refractivity contribution in [2.45, 2.75) is 50.2 Å². The second kappa shape index (κ2) is 6.86. The number of rotatable bonds is 4. The third kappa shape index (κ3) is 2.83. The first-order valence-corrected chi connectivity index (χ1v) is 9.42. The Kier molecular flexibility index (Phi) is 4.91. The molecule has 1 aromatic heterocycles. The SMILES string of the molecule is C[C@H](N)C(=O)[N+]1(C(=O)[C@@H]2CCC(=O)N2)CCC(c2cscn2)[C@H]1C(N)=O. The van der Waals surface area contributed by atoms with E-state index < -0.39 is 46.2 Å². The maximum atomic E-state index is 13.3. The Morgan fingerprint density at radius 3 is 2.62 bits per heavy atom. The lowest BCUT2D eigenvalue weighted by molar-refractivity contribution is -0.784. The van der Waals surface area contributed by atoms with Gasteiger partial charge in [-0.1, -0.05) is 0 Å². The lowest BCUT2D eigenvalue weighted by Gasteiger charge is -2.36. The van der Waals surface area contributed by atoms with E-state index in [0.29, 0.717) is 12.1 Å². The van der Waals surface area contributed by atoms with Crippen LogP contribution in [0.5, 0.6) is 0 Å². The molecule has 0 aliphatic carbocycles. The normalized spacial score (nSPS) is 32.2. The van der Waals surface area contributed by atoms with Crippen LogP contribution < -0.4 is 16.8 Å². The number of carbonyl (C=O) groups is 4. The van der Waals surface area contributed by atoms with Gasteiger partial charge in [-0.2, -0.15) is 4.48 Å². The van der Waals surface area contributed by atoms with Gasteiger partial charge in [0, 0.05) is 18.2 Å². The number of nitrogens with zero attached hydrogens (tertiary/aromatic N) is 2. The second-order valence-corrected chi connectivity index (χ2v) is 7.59. The maximum Gasteiger partial charge on any atom is 0.344 e. The Morgan fingerprint density at radius 1 is 1.38 bits per heavy atom. The Hall–Kier alpha value is -2.17. The molecular formula is C16H22N5O4S+. The van der Waals surface area contributed by atoms with Crippen molar-refractivity contribution in [2.24, 2.45) is 11.5 Å². The van der Waals surface area contributed by atoms with Crippen molar-refractivity contribution in [3.63, 3.8) is 0 Å². The van der Waals surface area contributed by atoms with Crippen LogP contribution >= 0.6 is 11.3 Å². The molecule has 4 amide bonds. The lowest BCUT2D eigenvalue weighted by atomic mass is 9.95. The van der Waals surface area contributed by atoms with Crippen molar-refractivity contribution in [2.75, 3.05) is 6.54 Å². The molecule has 9 nitrogen and oxygen atoms in total. The molecule has 3 heterocycles. The highest BCUT2D eigenvalue weighted by Gasteiger charge is 2.63. The molecule has 2 unspecified atom stereocenters. The molecule has 140 valence electrons. The fourth-order valence-electron chi connectivity index (χ4n) is 4.12. The van der Waals surface area contributed by atoms with E-state index in [2.05, 4.69) is 10.3 Å². The van der Waals surface area contributed by atoms with E-state index in [9.17, 15) is 19.2 Å². The van der Waals surface area contributed by atoms with Gasteiger partial charge in [0.1, 0.15) is 12.1 Å². The summed E-state index contributed by atoms with van der Waals surface area (Å²) in [5, 5.41) is 4.39. The summed E-state index contributed by atoms with van der Waals surface area (Å²) in [7, 11) is 0. The van der Waals surface area contributed by atoms with Gasteiger partial charge in [-0.3, -0.25) is 9.59 Å². The third-order valence-electron chi connectivity index (χ3n) is 5.24. The number of quaternary nitrogens is 1. The molecule has 0 aromatic carbocycles. The van der Waals surface area contributed by atoms with Gasteiger partial charge in [-0.05, 0) is 13.3 Å². The zero-order chi connectivity index (χ0) is 19.1. The monoisotopic (exact) mass is 380 g/mol. The van der Waals surface area contributed by atoms with Crippen molar-refractivity contribution in [1.82, 2.24) is 10.3 Å². The highest BCUT2D eigenvalue weighted by molar-refractivity contribution is 7.07. The van der Waals surface area contributed by atoms with E-state index in [0.717, 1.165) is 0 Å². The smallest absolute Gasteiger partial charge is 0.344 e. The molecule has 0 spiro atoms. The van der Waals surface area contributed by atoms with Gasteiger partial charge < -0.3 is 16.8 Å². The van der Waals surface area contributed by atoms with Gasteiger partial charge >= 0.3 is 11.8 Å². The number of hydrogen-bond acceptors (Lipinski definition) is 7. The number of likely N-dealkylation sites (tertiary alicyclic amines) is 1. The zero-order valence-electron chi connectivity index (χ0n) is 14.4. The molecule has 1 aromatic rings. The second-order valence-electron chi connectivity index (χ2n) is 6.87. The summed E-state index contributed by atoms with van der Waals surface area (Å²) in [6.07, 6.45) is 0.901. The summed E-state index contributed by atoms with van der Waals surface area (Å²) < 4.78 is -0.750. The molecule has 5 atom stereocenters. The summed E-state index contributed by atoms with van der Waals surface area (Å²) in [6.45, 7) is 1.60. The van der Waals surface area contributed by atoms with Crippen molar-refractivity contribution in [3.05, 3.63) is 16.6 Å². The number of thiazole rings is 1. The number of aromatic nitrogens is 1. The highest BCUT2D eigenvalue weighted by Crippen LogP contribution is 2.40. The summed E-state index contributed by atoms with van der Waals surface area (Å²) >= 11 is 1.37. The number of imide groups is 1. The largest absolute Gasteiger partial charge is 0.364 e. The minimum Gasteiger partial charge on any atom is -0.364 e. The predicted molar refractivity (Wildman–Crippen MR) is 92.4 cm³/mol. The van der Waals surface area contributed by atoms with Gasteiger partial charge in [0.15, 0.2) is 6.04 Å². The van der Waals surface area contributed by atoms with Crippen LogP contribution in [0.3, 0.4) is 0 Å². The van der Waals surface area contributed by atoms with E-state index in [1.165, 1.54) is 18.3 Å². The van der Waals surface area contributed by atoms with Crippen LogP contribution in [-0.2, 0) is 19.2 Å². The maximum absolute atomic E-state index is 13.3. The quantitative estimate of drug-likeness (QED) is 0.570. The van der Waals surface area contributed by atoms with Gasteiger partial charge in [0.25, 0.3) is 5.91 Å². The average Bonchev–Trinajstić information content (AvgIpc) is 3.32. The summed E-state index contributed by atoms with van der Waals surface area (Å²) in [5.74, 6) is -2.51. The number of nitrogens with one attached hydrogen (secondary N) is 1. The molecule has 0 radical (unpaired) electrons. The van der Waals surface area contributed by atoms with Crippen LogP contribution in [0, 0.1) is 0 Å². The first kappa shape index (κ1) is 18.6. The number of primary amides is 1. The zero-order valence-corrected chi connectivity index (χ0v) is 15.2. The Morgan fingerprint density at radius 2 is 2.12 bits per heavy atom. The van der Waals surface area contributed by atoms with Crippen LogP contribution in [0.1, 0.15) is 37.8 Å². The van der Waals surface area contributed by atoms with Gasteiger partial charge in [-0.15, -0.1) is 11.3 Å². The van der Waals surface area contributed by atoms with Gasteiger partial charge in [0.2, 0.25) is 5.91 Å². The molecule has 2 fully saturated rings. The average molecular weight is 380 g/mol. The lowest BCUT2D eigenvalue weighted by Crippen LogP contribution is -2.70. The molecule has 5 N–H and O–H groups in total. The Labute approximate surface area is 154 Å². The van der Waals surface area contributed by atoms with E-state index in [-0.39, 0.29) is 25.3 Å². The number of amides is 4. The number of nitrogens with two attached hydrogens (primary N) is 2. The minimum absolute atomic E-state index is 0.112. The van der Waals surface area contributed by atoms with Crippen LogP contribution in [-0.4, -0.2) is 57.8 Å². The third-order valence-corrected chi connectivity index (χ3v) is 5.85. The Bertz CT molecular complexity index is 750. The summed E-state index contributed by atoms with van der Waals surface area (Å²) in [4.78, 5) is 54.6. The predicted octanol–water partition coefficient (Wildman–Crippen LogP) is -1.02. The van der Waals surface area contributed by atoms with Crippen molar-refractivity contribution in [1.29, 1.82) is 0 Å². The molecule has 0 saturated carbocycles. The molecule has 0 bridgehead atoms. The number of hydrogen-bond donors (Lipinski definition) is 3. The van der Waals surface area contributed by atoms with Crippen molar-refractivity contribution < 1.29 is 23.7 Å². The van der Waals surface area contributed by atoms with Crippen molar-refractivity contribution >= 4 is 35.0 Å². The Balaban J connectivity index is 2.07. The molecule has 3 rings (SSSR count). The van der Waals surface area contributed by atoms with Crippen LogP contribution in [0.15, 0.2) is 10.9 Å². The molecule has 2 saturated heterocycles. The molecule has 10 heteroatoms. The van der Waals surface area contributed by atoms with Gasteiger partial charge in [-0.25, -0.2) is 14.6 Å². The van der Waals surface area contributed by atoms with Gasteiger partial charge in [0.05, 0.1) is 23.7 Å². The van der Waals surface area contributed by atoms with E-state index in [1.807, 2.05) is 0 Å².